The van der Waals surface area contributed by atoms with E-state index in [1.165, 1.54) is 24.9 Å². The Bertz CT molecular complexity index is 609. The van der Waals surface area contributed by atoms with E-state index in [2.05, 4.69) is 55.4 Å². The van der Waals surface area contributed by atoms with Gasteiger partial charge in [-0.1, -0.05) is 11.6 Å². The van der Waals surface area contributed by atoms with Crippen molar-refractivity contribution in [2.24, 2.45) is 0 Å². The van der Waals surface area contributed by atoms with Gasteiger partial charge in [-0.25, -0.2) is 4.98 Å². The number of hydrogen-bond acceptors (Lipinski definition) is 3. The molecular weight excluding hydrogens is 350 g/mol. The van der Waals surface area contributed by atoms with Gasteiger partial charge in [-0.2, -0.15) is 0 Å². The Morgan fingerprint density at radius 3 is 2.48 bits per heavy atom. The molecule has 2 heterocycles. The predicted molar refractivity (Wildman–Crippen MR) is 92.7 cm³/mol. The van der Waals surface area contributed by atoms with Crippen LogP contribution < -0.4 is 10.2 Å². The first kappa shape index (κ1) is 14.7. The maximum absolute atomic E-state index is 5.90. The fourth-order valence-corrected chi connectivity index (χ4v) is 3.29. The third-order valence-corrected chi connectivity index (χ3v) is 4.47. The van der Waals surface area contributed by atoms with Crippen molar-refractivity contribution < 1.29 is 0 Å². The lowest BCUT2D eigenvalue weighted by molar-refractivity contribution is 0.578. The van der Waals surface area contributed by atoms with Gasteiger partial charge in [0, 0.05) is 30.7 Å². The van der Waals surface area contributed by atoms with Crippen molar-refractivity contribution in [1.29, 1.82) is 0 Å². The highest BCUT2D eigenvalue weighted by molar-refractivity contribution is 9.10. The van der Waals surface area contributed by atoms with Gasteiger partial charge < -0.3 is 10.2 Å². The third-order valence-electron chi connectivity index (χ3n) is 3.66. The van der Waals surface area contributed by atoms with Crippen LogP contribution in [-0.2, 0) is 0 Å². The van der Waals surface area contributed by atoms with Gasteiger partial charge in [0.1, 0.15) is 5.82 Å². The highest BCUT2D eigenvalue weighted by Crippen LogP contribution is 2.27. The van der Waals surface area contributed by atoms with Crippen LogP contribution in [0.3, 0.4) is 0 Å². The molecule has 0 aliphatic carbocycles. The Balaban J connectivity index is 1.71. The number of hydrogen-bond donors (Lipinski definition) is 1. The van der Waals surface area contributed by atoms with Crippen LogP contribution in [0, 0.1) is 0 Å². The van der Waals surface area contributed by atoms with Crippen molar-refractivity contribution in [3.05, 3.63) is 46.0 Å². The first-order valence-corrected chi connectivity index (χ1v) is 8.32. The van der Waals surface area contributed by atoms with E-state index in [4.69, 9.17) is 11.6 Å². The molecule has 2 aromatic rings. The molecule has 0 radical (unpaired) electrons. The maximum atomic E-state index is 5.90. The number of anilines is 3. The minimum atomic E-state index is 0.618. The lowest BCUT2D eigenvalue weighted by Crippen LogP contribution is -2.29. The smallest absolute Gasteiger partial charge is 0.144 e. The summed E-state index contributed by atoms with van der Waals surface area (Å²) in [6, 6.07) is 10.3. The van der Waals surface area contributed by atoms with Crippen molar-refractivity contribution in [3.8, 4) is 0 Å². The molecule has 0 spiro atoms. The van der Waals surface area contributed by atoms with Crippen molar-refractivity contribution in [1.82, 2.24) is 4.98 Å². The maximum Gasteiger partial charge on any atom is 0.144 e. The molecule has 1 saturated heterocycles. The van der Waals surface area contributed by atoms with E-state index in [1.807, 2.05) is 6.07 Å². The fourth-order valence-electron chi connectivity index (χ4n) is 2.55. The topological polar surface area (TPSA) is 28.2 Å². The number of pyridine rings is 1. The normalized spacial score (nSPS) is 15.0. The van der Waals surface area contributed by atoms with E-state index in [1.54, 1.807) is 6.20 Å². The van der Waals surface area contributed by atoms with Crippen molar-refractivity contribution >= 4 is 44.7 Å². The lowest BCUT2D eigenvalue weighted by Gasteiger charge is -2.28. The summed E-state index contributed by atoms with van der Waals surface area (Å²) in [6.07, 6.45) is 5.58. The Labute approximate surface area is 138 Å². The number of aromatic nitrogens is 1. The number of benzene rings is 1. The summed E-state index contributed by atoms with van der Waals surface area (Å²) >= 11 is 9.36. The minimum Gasteiger partial charge on any atom is -0.372 e. The van der Waals surface area contributed by atoms with Crippen LogP contribution in [0.5, 0.6) is 0 Å². The van der Waals surface area contributed by atoms with E-state index in [-0.39, 0.29) is 0 Å². The Morgan fingerprint density at radius 2 is 1.81 bits per heavy atom. The molecule has 3 nitrogen and oxygen atoms in total. The van der Waals surface area contributed by atoms with Crippen molar-refractivity contribution in [3.63, 3.8) is 0 Å². The number of rotatable bonds is 3. The van der Waals surface area contributed by atoms with Crippen molar-refractivity contribution in [2.75, 3.05) is 23.3 Å². The summed E-state index contributed by atoms with van der Waals surface area (Å²) in [5.74, 6) is 0.769. The predicted octanol–water partition coefficient (Wildman–Crippen LogP) is 5.23. The van der Waals surface area contributed by atoms with Crippen LogP contribution in [-0.4, -0.2) is 18.1 Å². The SMILES string of the molecule is Clc1cnc(Nc2ccc(N3CCCCC3)cc2)c(Br)c1. The number of piperidine rings is 1. The first-order chi connectivity index (χ1) is 10.2. The summed E-state index contributed by atoms with van der Waals surface area (Å²) in [5.41, 5.74) is 2.31. The number of halogens is 2. The highest BCUT2D eigenvalue weighted by atomic mass is 79.9. The van der Waals surface area contributed by atoms with E-state index >= 15 is 0 Å². The van der Waals surface area contributed by atoms with E-state index in [0.717, 1.165) is 29.1 Å². The Kier molecular flexibility index (Phi) is 4.66. The zero-order valence-electron chi connectivity index (χ0n) is 11.6. The minimum absolute atomic E-state index is 0.618. The number of nitrogens with one attached hydrogen (secondary N) is 1. The molecule has 0 saturated carbocycles. The van der Waals surface area contributed by atoms with Gasteiger partial charge in [0.15, 0.2) is 0 Å². The van der Waals surface area contributed by atoms with Gasteiger partial charge in [-0.3, -0.25) is 0 Å². The highest BCUT2D eigenvalue weighted by Gasteiger charge is 2.10. The molecule has 1 aliphatic heterocycles. The largest absolute Gasteiger partial charge is 0.372 e. The zero-order valence-corrected chi connectivity index (χ0v) is 14.0. The van der Waals surface area contributed by atoms with Crippen LogP contribution in [0.25, 0.3) is 0 Å². The molecule has 1 fully saturated rings. The third kappa shape index (κ3) is 3.69. The molecule has 5 heteroatoms. The summed E-state index contributed by atoms with van der Waals surface area (Å²) in [5, 5.41) is 3.91. The average molecular weight is 367 g/mol. The molecule has 0 atom stereocenters. The molecule has 1 aromatic carbocycles. The molecule has 1 N–H and O–H groups in total. The summed E-state index contributed by atoms with van der Waals surface area (Å²) in [6.45, 7) is 2.33. The van der Waals surface area contributed by atoms with Gasteiger partial charge >= 0.3 is 0 Å². The molecule has 1 aromatic heterocycles. The lowest BCUT2D eigenvalue weighted by atomic mass is 10.1. The zero-order chi connectivity index (χ0) is 14.7. The van der Waals surface area contributed by atoms with E-state index in [9.17, 15) is 0 Å². The van der Waals surface area contributed by atoms with Crippen LogP contribution in [0.2, 0.25) is 5.02 Å². The molecular formula is C16H17BrClN3. The molecule has 0 unspecified atom stereocenters. The molecule has 21 heavy (non-hydrogen) atoms. The van der Waals surface area contributed by atoms with E-state index < -0.39 is 0 Å². The quantitative estimate of drug-likeness (QED) is 0.806. The molecule has 0 bridgehead atoms. The second-order valence-electron chi connectivity index (χ2n) is 5.20. The average Bonchev–Trinajstić information content (AvgIpc) is 2.52. The number of nitrogens with zero attached hydrogens (tertiary/aromatic N) is 2. The van der Waals surface area contributed by atoms with Gasteiger partial charge in [0.05, 0.1) is 9.50 Å². The standard InChI is InChI=1S/C16H17BrClN3/c17-15-10-12(18)11-19-16(15)20-13-4-6-14(7-5-13)21-8-2-1-3-9-21/h4-7,10-11H,1-3,8-9H2,(H,19,20). The monoisotopic (exact) mass is 365 g/mol. The van der Waals surface area contributed by atoms with Gasteiger partial charge in [-0.15, -0.1) is 0 Å². The van der Waals surface area contributed by atoms with E-state index in [0.29, 0.717) is 5.02 Å². The summed E-state index contributed by atoms with van der Waals surface area (Å²) in [4.78, 5) is 6.73. The second kappa shape index (κ2) is 6.67. The van der Waals surface area contributed by atoms with Crippen molar-refractivity contribution in [2.45, 2.75) is 19.3 Å². The molecule has 0 amide bonds. The van der Waals surface area contributed by atoms with Crippen LogP contribution >= 0.6 is 27.5 Å². The van der Waals surface area contributed by atoms with Gasteiger partial charge in [-0.05, 0) is 65.5 Å². The molecule has 3 rings (SSSR count). The van der Waals surface area contributed by atoms with Gasteiger partial charge in [0.2, 0.25) is 0 Å². The van der Waals surface area contributed by atoms with Crippen LogP contribution in [0.4, 0.5) is 17.2 Å². The summed E-state index contributed by atoms with van der Waals surface area (Å²) in [7, 11) is 0. The van der Waals surface area contributed by atoms with Crippen LogP contribution in [0.1, 0.15) is 19.3 Å². The summed E-state index contributed by atoms with van der Waals surface area (Å²) < 4.78 is 0.857. The molecule has 110 valence electrons. The fraction of sp³-hybridized carbons (Fsp3) is 0.312. The molecule has 1 aliphatic rings. The Hall–Kier alpha value is -1.26. The Morgan fingerprint density at radius 1 is 1.10 bits per heavy atom. The van der Waals surface area contributed by atoms with Crippen LogP contribution in [0.15, 0.2) is 41.0 Å². The van der Waals surface area contributed by atoms with Gasteiger partial charge in [0.25, 0.3) is 0 Å². The first-order valence-electron chi connectivity index (χ1n) is 7.15. The second-order valence-corrected chi connectivity index (χ2v) is 6.49.